The van der Waals surface area contributed by atoms with E-state index in [9.17, 15) is 13.6 Å². The first kappa shape index (κ1) is 21.1. The number of nitrogens with one attached hydrogen (secondary N) is 1. The number of carbonyl (C=O) groups excluding carboxylic acids is 1. The summed E-state index contributed by atoms with van der Waals surface area (Å²) in [5.74, 6) is -0.595. The quantitative estimate of drug-likeness (QED) is 0.474. The molecule has 6 rings (SSSR count). The highest BCUT2D eigenvalue weighted by Crippen LogP contribution is 2.29. The minimum atomic E-state index is -0.558. The van der Waals surface area contributed by atoms with Crippen molar-refractivity contribution >= 4 is 11.7 Å². The van der Waals surface area contributed by atoms with Crippen molar-refractivity contribution in [1.29, 1.82) is 0 Å². The van der Waals surface area contributed by atoms with Crippen molar-refractivity contribution in [1.82, 2.24) is 30.2 Å². The van der Waals surface area contributed by atoms with Crippen LogP contribution in [-0.4, -0.2) is 50.4 Å². The molecule has 0 saturated carbocycles. The Morgan fingerprint density at radius 1 is 1.11 bits per heavy atom. The molecule has 9 nitrogen and oxygen atoms in total. The third-order valence-electron chi connectivity index (χ3n) is 6.19. The summed E-state index contributed by atoms with van der Waals surface area (Å²) < 4.78 is 35.7. The Balaban J connectivity index is 1.37. The molecule has 0 aliphatic carbocycles. The van der Waals surface area contributed by atoms with Gasteiger partial charge in [0.25, 0.3) is 0 Å². The first-order valence-electron chi connectivity index (χ1n) is 11.1. The molecule has 0 fully saturated rings. The molecule has 4 aromatic rings. The summed E-state index contributed by atoms with van der Waals surface area (Å²) in [6, 6.07) is 9.82. The van der Waals surface area contributed by atoms with Gasteiger partial charge in [0.05, 0.1) is 18.4 Å². The van der Waals surface area contributed by atoms with Gasteiger partial charge in [0.15, 0.2) is 17.5 Å². The van der Waals surface area contributed by atoms with Crippen LogP contribution in [0.5, 0.6) is 0 Å². The highest BCUT2D eigenvalue weighted by molar-refractivity contribution is 5.97. The van der Waals surface area contributed by atoms with Gasteiger partial charge in [-0.3, -0.25) is 9.48 Å². The van der Waals surface area contributed by atoms with Gasteiger partial charge in [0.1, 0.15) is 23.5 Å². The zero-order valence-corrected chi connectivity index (χ0v) is 18.4. The van der Waals surface area contributed by atoms with E-state index >= 15 is 0 Å². The topological polar surface area (TPSA) is 102 Å². The maximum Gasteiger partial charge on any atom is 0.247 e. The van der Waals surface area contributed by atoms with E-state index in [1.54, 1.807) is 39.9 Å². The smallest absolute Gasteiger partial charge is 0.247 e. The molecule has 3 aromatic heterocycles. The summed E-state index contributed by atoms with van der Waals surface area (Å²) in [4.78, 5) is 22.3. The summed E-state index contributed by atoms with van der Waals surface area (Å²) in [5, 5.41) is 11.4. The number of carbonyl (C=O) groups is 1. The predicted molar refractivity (Wildman–Crippen MR) is 121 cm³/mol. The van der Waals surface area contributed by atoms with Crippen molar-refractivity contribution in [2.24, 2.45) is 0 Å². The molecule has 0 spiro atoms. The van der Waals surface area contributed by atoms with Gasteiger partial charge < -0.3 is 14.7 Å². The lowest BCUT2D eigenvalue weighted by Crippen LogP contribution is -2.33. The Kier molecular flexibility index (Phi) is 5.09. The molecule has 35 heavy (non-hydrogen) atoms. The monoisotopic (exact) mass is 475 g/mol. The molecule has 1 amide bonds. The van der Waals surface area contributed by atoms with E-state index < -0.39 is 5.82 Å². The summed E-state index contributed by atoms with van der Waals surface area (Å²) in [7, 11) is 0. The number of anilines is 1. The largest absolute Gasteiger partial charge is 0.364 e. The Morgan fingerprint density at radius 2 is 2.00 bits per heavy atom. The second kappa shape index (κ2) is 8.42. The number of benzene rings is 1. The Morgan fingerprint density at radius 3 is 2.83 bits per heavy atom. The van der Waals surface area contributed by atoms with Crippen LogP contribution in [0.4, 0.5) is 14.6 Å². The standard InChI is InChI=1S/C24H19F2N7O2/c25-17-4-2-1-3-14(17)13-33-21(19-6-8-35-31-19)9-20(30-33)22-27-11-18(26)23(29-22)32-7-5-16-15(12-32)10-28-24(16)34/h1-4,6,8-9,11H,5,7,10,12-13H2,(H,28,34). The third kappa shape index (κ3) is 3.84. The van der Waals surface area contributed by atoms with Gasteiger partial charge in [0.2, 0.25) is 5.91 Å². The Labute approximate surface area is 198 Å². The molecule has 0 unspecified atom stereocenters. The maximum atomic E-state index is 14.8. The van der Waals surface area contributed by atoms with E-state index in [1.165, 1.54) is 12.3 Å². The average molecular weight is 475 g/mol. The minimum absolute atomic E-state index is 0.0516. The van der Waals surface area contributed by atoms with E-state index in [-0.39, 0.29) is 29.9 Å². The number of hydrogen-bond donors (Lipinski definition) is 1. The van der Waals surface area contributed by atoms with E-state index in [2.05, 4.69) is 25.5 Å². The second-order valence-corrected chi connectivity index (χ2v) is 8.35. The fraction of sp³-hybridized carbons (Fsp3) is 0.208. The van der Waals surface area contributed by atoms with Crippen LogP contribution in [0.3, 0.4) is 0 Å². The Bertz CT molecular complexity index is 1460. The van der Waals surface area contributed by atoms with Crippen molar-refractivity contribution in [2.45, 2.75) is 13.0 Å². The van der Waals surface area contributed by atoms with Gasteiger partial charge in [-0.05, 0) is 24.1 Å². The number of rotatable bonds is 5. The zero-order chi connectivity index (χ0) is 23.9. The molecular formula is C24H19F2N7O2. The number of nitrogens with zero attached hydrogens (tertiary/aromatic N) is 6. The van der Waals surface area contributed by atoms with Gasteiger partial charge in [-0.25, -0.2) is 18.7 Å². The fourth-order valence-electron chi connectivity index (χ4n) is 4.43. The lowest BCUT2D eigenvalue weighted by atomic mass is 10.0. The summed E-state index contributed by atoms with van der Waals surface area (Å²) in [6.07, 6.45) is 3.07. The fourth-order valence-corrected chi connectivity index (χ4v) is 4.43. The highest BCUT2D eigenvalue weighted by Gasteiger charge is 2.30. The van der Waals surface area contributed by atoms with E-state index in [1.807, 2.05) is 0 Å². The molecule has 1 aromatic carbocycles. The van der Waals surface area contributed by atoms with Gasteiger partial charge in [-0.2, -0.15) is 5.10 Å². The predicted octanol–water partition coefficient (Wildman–Crippen LogP) is 2.96. The molecule has 0 radical (unpaired) electrons. The first-order chi connectivity index (χ1) is 17.1. The third-order valence-corrected chi connectivity index (χ3v) is 6.19. The second-order valence-electron chi connectivity index (χ2n) is 8.35. The van der Waals surface area contributed by atoms with Gasteiger partial charge in [-0.1, -0.05) is 23.4 Å². The molecule has 176 valence electrons. The lowest BCUT2D eigenvalue weighted by Gasteiger charge is -2.28. The van der Waals surface area contributed by atoms with E-state index in [4.69, 9.17) is 4.52 Å². The van der Waals surface area contributed by atoms with Crippen LogP contribution in [0, 0.1) is 11.6 Å². The van der Waals surface area contributed by atoms with Crippen LogP contribution < -0.4 is 10.2 Å². The van der Waals surface area contributed by atoms with Crippen molar-refractivity contribution in [3.8, 4) is 22.9 Å². The SMILES string of the molecule is O=C1NCC2=C1CCN(c1nc(-c3cc(-c4ccon4)n(Cc4ccccc4F)n3)ncc1F)C2. The molecule has 0 saturated heterocycles. The molecule has 2 aliphatic rings. The number of amides is 1. The van der Waals surface area contributed by atoms with Crippen molar-refractivity contribution in [2.75, 3.05) is 24.5 Å². The van der Waals surface area contributed by atoms with E-state index in [0.29, 0.717) is 48.7 Å². The molecule has 2 aliphatic heterocycles. The maximum absolute atomic E-state index is 14.8. The normalized spacial score (nSPS) is 15.5. The highest BCUT2D eigenvalue weighted by atomic mass is 19.1. The van der Waals surface area contributed by atoms with Crippen LogP contribution in [0.2, 0.25) is 0 Å². The van der Waals surface area contributed by atoms with Crippen LogP contribution in [0.25, 0.3) is 22.9 Å². The van der Waals surface area contributed by atoms with Crippen LogP contribution in [0.1, 0.15) is 12.0 Å². The number of aromatic nitrogens is 5. The van der Waals surface area contributed by atoms with Crippen LogP contribution >= 0.6 is 0 Å². The van der Waals surface area contributed by atoms with Gasteiger partial charge >= 0.3 is 0 Å². The molecule has 5 heterocycles. The lowest BCUT2D eigenvalue weighted by molar-refractivity contribution is -0.116. The van der Waals surface area contributed by atoms with E-state index in [0.717, 1.165) is 17.3 Å². The summed E-state index contributed by atoms with van der Waals surface area (Å²) >= 11 is 0. The molecule has 0 bridgehead atoms. The number of hydrogen-bond acceptors (Lipinski definition) is 7. The molecule has 1 N–H and O–H groups in total. The van der Waals surface area contributed by atoms with Crippen LogP contribution in [0.15, 0.2) is 64.5 Å². The summed E-state index contributed by atoms with van der Waals surface area (Å²) in [6.45, 7) is 1.48. The van der Waals surface area contributed by atoms with Crippen molar-refractivity contribution < 1.29 is 18.1 Å². The summed E-state index contributed by atoms with van der Waals surface area (Å²) in [5.41, 5.74) is 3.65. The van der Waals surface area contributed by atoms with Gasteiger partial charge in [-0.15, -0.1) is 0 Å². The molecule has 0 atom stereocenters. The first-order valence-corrected chi connectivity index (χ1v) is 11.1. The average Bonchev–Trinajstić information content (AvgIpc) is 3.61. The zero-order valence-electron chi connectivity index (χ0n) is 18.4. The Hall–Kier alpha value is -4.41. The van der Waals surface area contributed by atoms with Crippen molar-refractivity contribution in [3.63, 3.8) is 0 Å². The minimum Gasteiger partial charge on any atom is -0.364 e. The van der Waals surface area contributed by atoms with Crippen LogP contribution in [-0.2, 0) is 11.3 Å². The number of halogens is 2. The molecular weight excluding hydrogens is 456 g/mol. The van der Waals surface area contributed by atoms with Crippen molar-refractivity contribution in [3.05, 3.63) is 77.2 Å². The van der Waals surface area contributed by atoms with Gasteiger partial charge in [0, 0.05) is 36.8 Å². The molecule has 11 heteroatoms.